The van der Waals surface area contributed by atoms with Gasteiger partial charge in [0.2, 0.25) is 10.0 Å². The summed E-state index contributed by atoms with van der Waals surface area (Å²) >= 11 is 17.5. The van der Waals surface area contributed by atoms with E-state index in [1.807, 2.05) is 0 Å². The van der Waals surface area contributed by atoms with E-state index in [4.69, 9.17) is 39.9 Å². The second kappa shape index (κ2) is 8.79. The van der Waals surface area contributed by atoms with E-state index in [0.717, 1.165) is 0 Å². The van der Waals surface area contributed by atoms with Crippen LogP contribution >= 0.6 is 34.8 Å². The van der Waals surface area contributed by atoms with Crippen molar-refractivity contribution < 1.29 is 18.3 Å². The molecule has 2 amide bonds. The summed E-state index contributed by atoms with van der Waals surface area (Å²) in [5, 5.41) is 19.7. The van der Waals surface area contributed by atoms with Crippen molar-refractivity contribution in [3.63, 3.8) is 0 Å². The smallest absolute Gasteiger partial charge is 0.323 e. The number of hydrogen-bond donors (Lipinski definition) is 4. The molecule has 0 aliphatic rings. The van der Waals surface area contributed by atoms with Gasteiger partial charge in [-0.3, -0.25) is 0 Å². The van der Waals surface area contributed by atoms with Gasteiger partial charge in [0.1, 0.15) is 4.90 Å². The van der Waals surface area contributed by atoms with Crippen molar-refractivity contribution in [2.45, 2.75) is 4.90 Å². The van der Waals surface area contributed by atoms with Gasteiger partial charge in [-0.05, 0) is 24.3 Å². The van der Waals surface area contributed by atoms with Crippen molar-refractivity contribution in [1.82, 2.24) is 0 Å². The Labute approximate surface area is 180 Å². The molecule has 129 valence electrons. The van der Waals surface area contributed by atoms with Crippen LogP contribution in [0.5, 0.6) is 5.75 Å². The Morgan fingerprint density at radius 3 is 2.20 bits per heavy atom. The molecule has 2 aromatic carbocycles. The molecule has 0 aliphatic heterocycles. The Hall–Kier alpha value is -0.710. The molecule has 0 atom stereocenters. The monoisotopic (exact) mass is 432 g/mol. The van der Waals surface area contributed by atoms with Gasteiger partial charge in [0.25, 0.3) is 0 Å². The van der Waals surface area contributed by atoms with Crippen LogP contribution in [-0.4, -0.2) is 49.1 Å². The Morgan fingerprint density at radius 1 is 1.00 bits per heavy atom. The number of carbonyl (C=O) groups is 1. The van der Waals surface area contributed by atoms with E-state index in [-0.39, 0.29) is 56.0 Å². The van der Waals surface area contributed by atoms with Gasteiger partial charge in [-0.2, -0.15) is 0 Å². The molecule has 12 heteroatoms. The molecular formula is C13H10Cl3N3NaO4S. The minimum absolute atomic E-state index is 0. The van der Waals surface area contributed by atoms with Crippen molar-refractivity contribution in [3.8, 4) is 5.75 Å². The normalized spacial score (nSPS) is 10.7. The van der Waals surface area contributed by atoms with Gasteiger partial charge in [-0.25, -0.2) is 18.4 Å². The van der Waals surface area contributed by atoms with Gasteiger partial charge >= 0.3 is 6.03 Å². The van der Waals surface area contributed by atoms with Gasteiger partial charge in [-0.15, -0.1) is 0 Å². The molecule has 0 spiro atoms. The maximum atomic E-state index is 12.0. The summed E-state index contributed by atoms with van der Waals surface area (Å²) in [4.78, 5) is 11.3. The van der Waals surface area contributed by atoms with E-state index >= 15 is 0 Å². The Bertz CT molecular complexity index is 925. The number of rotatable bonds is 3. The summed E-state index contributed by atoms with van der Waals surface area (Å²) in [5.74, 6) is -0.780. The number of primary sulfonamides is 1. The molecule has 0 saturated carbocycles. The van der Waals surface area contributed by atoms with Crippen molar-refractivity contribution in [3.05, 3.63) is 45.4 Å². The molecule has 5 N–H and O–H groups in total. The van der Waals surface area contributed by atoms with E-state index in [2.05, 4.69) is 10.6 Å². The first-order chi connectivity index (χ1) is 11.1. The zero-order valence-corrected chi connectivity index (χ0v) is 17.8. The number of benzene rings is 2. The summed E-state index contributed by atoms with van der Waals surface area (Å²) in [5.41, 5.74) is 0.0147. The van der Waals surface area contributed by atoms with E-state index in [9.17, 15) is 18.3 Å². The van der Waals surface area contributed by atoms with Gasteiger partial charge < -0.3 is 15.7 Å². The number of phenols is 1. The van der Waals surface area contributed by atoms with Crippen LogP contribution < -0.4 is 15.8 Å². The van der Waals surface area contributed by atoms with Crippen LogP contribution in [0.15, 0.2) is 35.2 Å². The molecular weight excluding hydrogens is 424 g/mol. The van der Waals surface area contributed by atoms with Crippen LogP contribution in [0.25, 0.3) is 0 Å². The van der Waals surface area contributed by atoms with Crippen LogP contribution in [0.2, 0.25) is 15.1 Å². The van der Waals surface area contributed by atoms with Crippen LogP contribution in [-0.2, 0) is 10.0 Å². The summed E-state index contributed by atoms with van der Waals surface area (Å²) in [6.45, 7) is 0. The molecule has 0 unspecified atom stereocenters. The van der Waals surface area contributed by atoms with Gasteiger partial charge in [0.15, 0.2) is 5.75 Å². The molecule has 0 bridgehead atoms. The van der Waals surface area contributed by atoms with Gasteiger partial charge in [0, 0.05) is 29.6 Å². The van der Waals surface area contributed by atoms with Crippen molar-refractivity contribution >= 4 is 91.8 Å². The standard InChI is InChI=1S/C13H10Cl3N3O4S.Na/c14-6-2-1-3-8(10(6)16)18-13(21)19-9-5-4-7(15)12(11(9)20)24(17,22)23;/h1-5,20H,(H2,17,22,23)(H2,18,19,21);. The van der Waals surface area contributed by atoms with E-state index < -0.39 is 26.7 Å². The van der Waals surface area contributed by atoms with Crippen molar-refractivity contribution in [2.75, 3.05) is 10.6 Å². The SMILES string of the molecule is NS(=O)(=O)c1c(Cl)ccc(NC(=O)Nc2cccc(Cl)c2Cl)c1O.[Na]. The average molecular weight is 434 g/mol. The summed E-state index contributed by atoms with van der Waals surface area (Å²) < 4.78 is 22.9. The van der Waals surface area contributed by atoms with Crippen LogP contribution in [0.4, 0.5) is 16.2 Å². The number of hydrogen-bond acceptors (Lipinski definition) is 4. The van der Waals surface area contributed by atoms with Crippen LogP contribution in [0, 0.1) is 0 Å². The molecule has 0 saturated heterocycles. The van der Waals surface area contributed by atoms with Crippen molar-refractivity contribution in [1.29, 1.82) is 0 Å². The fourth-order valence-electron chi connectivity index (χ4n) is 1.79. The number of anilines is 2. The van der Waals surface area contributed by atoms with Crippen LogP contribution in [0.3, 0.4) is 0 Å². The third-order valence-corrected chi connectivity index (χ3v) is 5.04. The van der Waals surface area contributed by atoms with Crippen molar-refractivity contribution in [2.24, 2.45) is 5.14 Å². The fourth-order valence-corrected chi connectivity index (χ4v) is 3.34. The first-order valence-corrected chi connectivity index (χ1v) is 8.85. The minimum atomic E-state index is -4.29. The Kier molecular flexibility index (Phi) is 7.85. The molecule has 1 radical (unpaired) electrons. The number of nitrogens with one attached hydrogen (secondary N) is 2. The molecule has 0 fully saturated rings. The topological polar surface area (TPSA) is 122 Å². The molecule has 0 heterocycles. The number of aromatic hydroxyl groups is 1. The molecule has 25 heavy (non-hydrogen) atoms. The average Bonchev–Trinajstić information content (AvgIpc) is 2.45. The van der Waals surface area contributed by atoms with Crippen LogP contribution in [0.1, 0.15) is 0 Å². The zero-order valence-electron chi connectivity index (χ0n) is 12.7. The molecule has 7 nitrogen and oxygen atoms in total. The molecule has 0 aliphatic carbocycles. The van der Waals surface area contributed by atoms with E-state index in [0.29, 0.717) is 0 Å². The summed E-state index contributed by atoms with van der Waals surface area (Å²) in [6, 6.07) is 6.20. The molecule has 2 rings (SSSR count). The predicted molar refractivity (Wildman–Crippen MR) is 99.3 cm³/mol. The minimum Gasteiger partial charge on any atom is -0.504 e. The van der Waals surface area contributed by atoms with E-state index in [1.54, 1.807) is 6.07 Å². The largest absolute Gasteiger partial charge is 0.504 e. The molecule has 0 aromatic heterocycles. The number of urea groups is 1. The maximum absolute atomic E-state index is 12.0. The number of phenolic OH excluding ortho intramolecular Hbond substituents is 1. The molecule has 2 aromatic rings. The number of sulfonamides is 1. The maximum Gasteiger partial charge on any atom is 0.323 e. The van der Waals surface area contributed by atoms with E-state index in [1.165, 1.54) is 24.3 Å². The second-order valence-electron chi connectivity index (χ2n) is 4.50. The summed E-state index contributed by atoms with van der Waals surface area (Å²) in [7, 11) is -4.29. The number of nitrogens with two attached hydrogens (primary N) is 1. The number of carbonyl (C=O) groups excluding carboxylic acids is 1. The van der Waals surface area contributed by atoms with Gasteiger partial charge in [0.05, 0.1) is 26.4 Å². The summed E-state index contributed by atoms with van der Waals surface area (Å²) in [6.07, 6.45) is 0. The zero-order chi connectivity index (χ0) is 18.1. The van der Waals surface area contributed by atoms with Gasteiger partial charge in [-0.1, -0.05) is 40.9 Å². The number of amides is 2. The second-order valence-corrected chi connectivity index (χ2v) is 7.19. The third kappa shape index (κ3) is 5.38. The predicted octanol–water partition coefficient (Wildman–Crippen LogP) is 3.26. The first kappa shape index (κ1) is 22.3. The third-order valence-electron chi connectivity index (χ3n) is 2.82. The first-order valence-electron chi connectivity index (χ1n) is 6.17. The Balaban J connectivity index is 0.00000312. The fraction of sp³-hybridized carbons (Fsp3) is 0. The Morgan fingerprint density at radius 2 is 1.60 bits per heavy atom. The quantitative estimate of drug-likeness (QED) is 0.438. The number of halogens is 3.